The maximum atomic E-state index is 14.6. The summed E-state index contributed by atoms with van der Waals surface area (Å²) in [5.74, 6) is -2.02. The van der Waals surface area contributed by atoms with E-state index in [2.05, 4.69) is 53.7 Å². The van der Waals surface area contributed by atoms with Gasteiger partial charge in [0.1, 0.15) is 42.7 Å². The summed E-state index contributed by atoms with van der Waals surface area (Å²) < 4.78 is 23.8. The minimum atomic E-state index is -1.75. The first-order valence-corrected chi connectivity index (χ1v) is 20.7. The van der Waals surface area contributed by atoms with Crippen molar-refractivity contribution in [3.8, 4) is 0 Å². The van der Waals surface area contributed by atoms with Crippen LogP contribution in [0.5, 0.6) is 0 Å². The average molecular weight is 793 g/mol. The molecule has 5 aliphatic carbocycles. The summed E-state index contributed by atoms with van der Waals surface area (Å²) >= 11 is 0. The van der Waals surface area contributed by atoms with Crippen molar-refractivity contribution in [2.45, 2.75) is 167 Å². The van der Waals surface area contributed by atoms with Crippen LogP contribution in [-0.2, 0) is 28.5 Å². The van der Waals surface area contributed by atoms with Gasteiger partial charge in [-0.1, -0.05) is 64.8 Å². The number of aliphatic hydroxyl groups is 7. The third-order valence-electron chi connectivity index (χ3n) is 16.6. The van der Waals surface area contributed by atoms with E-state index in [1.165, 1.54) is 0 Å². The highest BCUT2D eigenvalue weighted by atomic mass is 16.7. The molecular formula is C42H64O14. The van der Waals surface area contributed by atoms with Gasteiger partial charge in [0.15, 0.2) is 6.29 Å². The molecule has 19 atom stereocenters. The molecule has 3 saturated carbocycles. The molecule has 316 valence electrons. The number of aliphatic hydroxyl groups excluding tert-OH is 7. The Balaban J connectivity index is 1.22. The van der Waals surface area contributed by atoms with E-state index < -0.39 is 119 Å². The second-order valence-corrected chi connectivity index (χ2v) is 19.5. The lowest BCUT2D eigenvalue weighted by Crippen LogP contribution is -2.66. The van der Waals surface area contributed by atoms with Gasteiger partial charge in [0, 0.05) is 5.41 Å². The summed E-state index contributed by atoms with van der Waals surface area (Å²) in [6.07, 6.45) is -6.04. The Morgan fingerprint density at radius 1 is 0.804 bits per heavy atom. The Kier molecular flexibility index (Phi) is 10.8. The summed E-state index contributed by atoms with van der Waals surface area (Å²) in [4.78, 5) is 28.8. The summed E-state index contributed by atoms with van der Waals surface area (Å²) in [5.41, 5.74) is -2.21. The molecule has 56 heavy (non-hydrogen) atoms. The van der Waals surface area contributed by atoms with Crippen molar-refractivity contribution in [1.82, 2.24) is 0 Å². The molecule has 0 radical (unpaired) electrons. The number of hydrogen-bond donors (Lipinski definition) is 8. The highest BCUT2D eigenvalue weighted by Gasteiger charge is 2.73. The van der Waals surface area contributed by atoms with Crippen LogP contribution in [0.2, 0.25) is 0 Å². The molecule has 7 rings (SSSR count). The molecule has 2 heterocycles. The van der Waals surface area contributed by atoms with Gasteiger partial charge in [0.05, 0.1) is 29.6 Å². The number of carbonyl (C=O) groups excluding carboxylic acids is 1. The molecule has 0 aromatic carbocycles. The van der Waals surface area contributed by atoms with Gasteiger partial charge in [-0.15, -0.1) is 0 Å². The first kappa shape index (κ1) is 42.2. The summed E-state index contributed by atoms with van der Waals surface area (Å²) in [7, 11) is 0. The Hall–Kier alpha value is -1.98. The van der Waals surface area contributed by atoms with Crippen LogP contribution in [0.25, 0.3) is 0 Å². The van der Waals surface area contributed by atoms with Crippen molar-refractivity contribution < 1.29 is 69.4 Å². The number of esters is 1. The number of hydrogen-bond acceptors (Lipinski definition) is 13. The van der Waals surface area contributed by atoms with Gasteiger partial charge in [-0.25, -0.2) is 0 Å². The Labute approximate surface area is 328 Å². The van der Waals surface area contributed by atoms with Gasteiger partial charge in [0.2, 0.25) is 6.29 Å². The minimum Gasteiger partial charge on any atom is -0.481 e. The fourth-order valence-electron chi connectivity index (χ4n) is 13.1. The monoisotopic (exact) mass is 792 g/mol. The molecule has 19 unspecified atom stereocenters. The largest absolute Gasteiger partial charge is 0.481 e. The van der Waals surface area contributed by atoms with E-state index in [9.17, 15) is 50.4 Å². The number of carboxylic acids is 1. The van der Waals surface area contributed by atoms with Crippen LogP contribution in [0, 0.1) is 50.7 Å². The molecule has 7 aliphatic rings. The van der Waals surface area contributed by atoms with Crippen LogP contribution in [0.1, 0.15) is 99.8 Å². The quantitative estimate of drug-likeness (QED) is 0.142. The lowest BCUT2D eigenvalue weighted by atomic mass is 9.34. The number of aliphatic carboxylic acids is 1. The van der Waals surface area contributed by atoms with Crippen LogP contribution in [0.4, 0.5) is 0 Å². The van der Waals surface area contributed by atoms with Crippen LogP contribution in [0.3, 0.4) is 0 Å². The lowest BCUT2D eigenvalue weighted by Gasteiger charge is -2.68. The molecular weight excluding hydrogens is 728 g/mol. The number of rotatable bonds is 6. The third kappa shape index (κ3) is 5.78. The van der Waals surface area contributed by atoms with E-state index in [0.29, 0.717) is 38.5 Å². The molecule has 8 N–H and O–H groups in total. The molecule has 5 fully saturated rings. The molecule has 0 aromatic heterocycles. The van der Waals surface area contributed by atoms with Crippen molar-refractivity contribution in [3.05, 3.63) is 23.3 Å². The number of ether oxygens (including phenoxy) is 4. The summed E-state index contributed by atoms with van der Waals surface area (Å²) in [6, 6.07) is 0. The van der Waals surface area contributed by atoms with Gasteiger partial charge in [-0.05, 0) is 92.8 Å². The fraction of sp³-hybridized carbons (Fsp3) is 0.857. The van der Waals surface area contributed by atoms with Gasteiger partial charge < -0.3 is 59.8 Å². The zero-order chi connectivity index (χ0) is 41.1. The Morgan fingerprint density at radius 2 is 1.46 bits per heavy atom. The normalized spacial score (nSPS) is 52.6. The van der Waals surface area contributed by atoms with E-state index in [1.54, 1.807) is 6.92 Å². The fourth-order valence-corrected chi connectivity index (χ4v) is 13.1. The van der Waals surface area contributed by atoms with Crippen molar-refractivity contribution >= 4 is 11.9 Å². The van der Waals surface area contributed by atoms with E-state index in [1.807, 2.05) is 0 Å². The minimum absolute atomic E-state index is 0.0755. The Morgan fingerprint density at radius 3 is 2.12 bits per heavy atom. The molecule has 0 aromatic rings. The molecule has 14 nitrogen and oxygen atoms in total. The van der Waals surface area contributed by atoms with Crippen molar-refractivity contribution in [2.75, 3.05) is 6.61 Å². The van der Waals surface area contributed by atoms with E-state index in [4.69, 9.17) is 18.9 Å². The van der Waals surface area contributed by atoms with Crippen LogP contribution >= 0.6 is 0 Å². The highest BCUT2D eigenvalue weighted by Crippen LogP contribution is 2.75. The number of fused-ring (bicyclic) bond motifs is 7. The van der Waals surface area contributed by atoms with Crippen molar-refractivity contribution in [3.63, 3.8) is 0 Å². The van der Waals surface area contributed by atoms with Crippen LogP contribution in [0.15, 0.2) is 23.3 Å². The molecule has 0 spiro atoms. The SMILES string of the molecule is CC1CCC2(C(=O)OC3OC(CO)C(O)C(O)C3O)CCC3(C(=O)O)C(=CCC4C5(C)CCC(OC6OC(C)C(O)C(O)C6O)C(C)(C)C5=CCC43C)C2C1C. The van der Waals surface area contributed by atoms with E-state index >= 15 is 0 Å². The van der Waals surface area contributed by atoms with Crippen molar-refractivity contribution in [2.24, 2.45) is 50.7 Å². The van der Waals surface area contributed by atoms with Crippen LogP contribution < -0.4 is 0 Å². The summed E-state index contributed by atoms with van der Waals surface area (Å²) in [6.45, 7) is 13.7. The van der Waals surface area contributed by atoms with Gasteiger partial charge >= 0.3 is 11.9 Å². The number of allylic oxidation sites excluding steroid dienone is 2. The molecule has 0 amide bonds. The topological polar surface area (TPSA) is 233 Å². The maximum Gasteiger partial charge on any atom is 0.315 e. The molecule has 2 aliphatic heterocycles. The van der Waals surface area contributed by atoms with Crippen LogP contribution in [-0.4, -0.2) is 127 Å². The predicted molar refractivity (Wildman–Crippen MR) is 198 cm³/mol. The third-order valence-corrected chi connectivity index (χ3v) is 16.6. The predicted octanol–water partition coefficient (Wildman–Crippen LogP) is 2.18. The van der Waals surface area contributed by atoms with E-state index in [-0.39, 0.29) is 30.6 Å². The highest BCUT2D eigenvalue weighted by molar-refractivity contribution is 5.85. The molecule has 14 heteroatoms. The second kappa shape index (κ2) is 14.3. The Bertz CT molecular complexity index is 1610. The zero-order valence-corrected chi connectivity index (χ0v) is 33.7. The van der Waals surface area contributed by atoms with Gasteiger partial charge in [-0.3, -0.25) is 9.59 Å². The number of carboxylic acid groups (broad SMARTS) is 1. The van der Waals surface area contributed by atoms with Crippen molar-refractivity contribution in [1.29, 1.82) is 0 Å². The molecule has 0 bridgehead atoms. The second-order valence-electron chi connectivity index (χ2n) is 19.5. The maximum absolute atomic E-state index is 14.6. The smallest absolute Gasteiger partial charge is 0.315 e. The lowest BCUT2D eigenvalue weighted by molar-refractivity contribution is -0.314. The first-order chi connectivity index (χ1) is 26.1. The van der Waals surface area contributed by atoms with E-state index in [0.717, 1.165) is 11.1 Å². The first-order valence-electron chi connectivity index (χ1n) is 20.7. The average Bonchev–Trinajstić information content (AvgIpc) is 3.14. The van der Waals surface area contributed by atoms with Gasteiger partial charge in [0.25, 0.3) is 0 Å². The standard InChI is InChI=1S/C42H64O14/c1-19-10-15-41(37(52)56-35-33(49)31(47)29(45)23(18-43)54-35)16-17-42(36(50)51)22(27(41)20(19)2)8-9-25-39(6)13-12-26(38(4,5)24(39)11-14-40(25,42)7)55-34-32(48)30(46)28(44)21(3)53-34/h8,11,19-21,23,25-35,43-49H,9-10,12-18H2,1-7H3,(H,50,51). The molecule has 2 saturated heterocycles. The summed E-state index contributed by atoms with van der Waals surface area (Å²) in [5, 5.41) is 84.4. The number of carbonyl (C=O) groups is 2. The van der Waals surface area contributed by atoms with Gasteiger partial charge in [-0.2, -0.15) is 0 Å². The zero-order valence-electron chi connectivity index (χ0n) is 33.7.